The van der Waals surface area contributed by atoms with Crippen molar-refractivity contribution < 1.29 is 9.53 Å². The van der Waals surface area contributed by atoms with Crippen LogP contribution in [0.4, 0.5) is 4.79 Å². The van der Waals surface area contributed by atoms with E-state index in [1.165, 1.54) is 0 Å². The average Bonchev–Trinajstić information content (AvgIpc) is 2.29. The number of nitrogens with one attached hydrogen (secondary N) is 1. The summed E-state index contributed by atoms with van der Waals surface area (Å²) in [5.74, 6) is 0.914. The second-order valence-electron chi connectivity index (χ2n) is 5.92. The van der Waals surface area contributed by atoms with Crippen molar-refractivity contribution in [1.82, 2.24) is 5.32 Å². The first-order valence-corrected chi connectivity index (χ1v) is 6.74. The summed E-state index contributed by atoms with van der Waals surface area (Å²) >= 11 is 0. The summed E-state index contributed by atoms with van der Waals surface area (Å²) in [6.07, 6.45) is 7.42. The van der Waals surface area contributed by atoms with Gasteiger partial charge in [-0.05, 0) is 58.4 Å². The van der Waals surface area contributed by atoms with Crippen molar-refractivity contribution in [2.75, 3.05) is 13.1 Å². The standard InChI is InChI=1S/C14H26N2O2/c1-14(2,3)18-13(17)16-10-12(9-15)11-7-5-4-6-8-11/h4-5,11-12H,6-10,15H2,1-3H3,(H,16,17). The number of rotatable bonds is 4. The molecule has 1 amide bonds. The molecule has 0 aromatic heterocycles. The monoisotopic (exact) mass is 254 g/mol. The number of hydrogen-bond donors (Lipinski definition) is 2. The lowest BCUT2D eigenvalue weighted by Gasteiger charge is -2.27. The second-order valence-corrected chi connectivity index (χ2v) is 5.92. The smallest absolute Gasteiger partial charge is 0.407 e. The van der Waals surface area contributed by atoms with Crippen LogP contribution in [0.15, 0.2) is 12.2 Å². The lowest BCUT2D eigenvalue weighted by atomic mass is 9.83. The predicted octanol–water partition coefficient (Wildman–Crippen LogP) is 2.44. The van der Waals surface area contributed by atoms with Crippen LogP contribution in [0.1, 0.15) is 40.0 Å². The average molecular weight is 254 g/mol. The lowest BCUT2D eigenvalue weighted by molar-refractivity contribution is 0.0513. The number of carbonyl (C=O) groups excluding carboxylic acids is 1. The van der Waals surface area contributed by atoms with E-state index in [2.05, 4.69) is 17.5 Å². The summed E-state index contributed by atoms with van der Waals surface area (Å²) in [6, 6.07) is 0. The molecular formula is C14H26N2O2. The summed E-state index contributed by atoms with van der Waals surface area (Å²) in [5.41, 5.74) is 5.35. The second kappa shape index (κ2) is 6.78. The van der Waals surface area contributed by atoms with Crippen molar-refractivity contribution in [2.45, 2.75) is 45.6 Å². The Labute approximate surface area is 110 Å². The van der Waals surface area contributed by atoms with Crippen molar-refractivity contribution in [3.63, 3.8) is 0 Å². The number of carbonyl (C=O) groups is 1. The highest BCUT2D eigenvalue weighted by molar-refractivity contribution is 5.67. The Hall–Kier alpha value is -1.03. The molecular weight excluding hydrogens is 228 g/mol. The number of nitrogens with two attached hydrogens (primary N) is 1. The van der Waals surface area contributed by atoms with Gasteiger partial charge in [-0.25, -0.2) is 4.79 Å². The molecule has 3 N–H and O–H groups in total. The normalized spacial score (nSPS) is 21.4. The van der Waals surface area contributed by atoms with Crippen LogP contribution in [0.2, 0.25) is 0 Å². The SMILES string of the molecule is CC(C)(C)OC(=O)NCC(CN)C1CC=CCC1. The maximum atomic E-state index is 11.6. The molecule has 4 nitrogen and oxygen atoms in total. The van der Waals surface area contributed by atoms with Crippen LogP contribution >= 0.6 is 0 Å². The zero-order chi connectivity index (χ0) is 13.6. The number of alkyl carbamates (subject to hydrolysis) is 1. The fourth-order valence-electron chi connectivity index (χ4n) is 2.22. The molecule has 0 saturated carbocycles. The molecule has 0 radical (unpaired) electrons. The van der Waals surface area contributed by atoms with Gasteiger partial charge in [0, 0.05) is 6.54 Å². The Morgan fingerprint density at radius 3 is 2.72 bits per heavy atom. The van der Waals surface area contributed by atoms with E-state index in [9.17, 15) is 4.79 Å². The number of ether oxygens (including phenoxy) is 1. The van der Waals surface area contributed by atoms with Gasteiger partial charge in [-0.15, -0.1) is 0 Å². The van der Waals surface area contributed by atoms with Crippen LogP contribution in [0.25, 0.3) is 0 Å². The third-order valence-corrected chi connectivity index (χ3v) is 3.19. The van der Waals surface area contributed by atoms with Gasteiger partial charge in [0.25, 0.3) is 0 Å². The number of hydrogen-bond acceptors (Lipinski definition) is 3. The van der Waals surface area contributed by atoms with Crippen molar-refractivity contribution in [3.05, 3.63) is 12.2 Å². The molecule has 0 heterocycles. The molecule has 0 aliphatic heterocycles. The van der Waals surface area contributed by atoms with E-state index >= 15 is 0 Å². The van der Waals surface area contributed by atoms with E-state index in [1.807, 2.05) is 20.8 Å². The first-order valence-electron chi connectivity index (χ1n) is 6.74. The Kier molecular flexibility index (Phi) is 5.66. The van der Waals surface area contributed by atoms with Crippen molar-refractivity contribution in [3.8, 4) is 0 Å². The molecule has 4 heteroatoms. The van der Waals surface area contributed by atoms with E-state index in [1.54, 1.807) is 0 Å². The van der Waals surface area contributed by atoms with Gasteiger partial charge < -0.3 is 15.8 Å². The minimum absolute atomic E-state index is 0.336. The van der Waals surface area contributed by atoms with Gasteiger partial charge in [0.2, 0.25) is 0 Å². The van der Waals surface area contributed by atoms with Gasteiger partial charge in [0.05, 0.1) is 0 Å². The fraction of sp³-hybridized carbons (Fsp3) is 0.786. The molecule has 18 heavy (non-hydrogen) atoms. The highest BCUT2D eigenvalue weighted by atomic mass is 16.6. The van der Waals surface area contributed by atoms with Crippen LogP contribution in [0, 0.1) is 11.8 Å². The molecule has 0 spiro atoms. The van der Waals surface area contributed by atoms with E-state index in [-0.39, 0.29) is 6.09 Å². The predicted molar refractivity (Wildman–Crippen MR) is 73.3 cm³/mol. The van der Waals surface area contributed by atoms with Gasteiger partial charge in [-0.3, -0.25) is 0 Å². The van der Waals surface area contributed by atoms with Gasteiger partial charge in [-0.1, -0.05) is 12.2 Å². The molecule has 2 atom stereocenters. The zero-order valence-electron chi connectivity index (χ0n) is 11.7. The van der Waals surface area contributed by atoms with Crippen molar-refractivity contribution >= 4 is 6.09 Å². The summed E-state index contributed by atoms with van der Waals surface area (Å²) < 4.78 is 5.22. The molecule has 1 aliphatic carbocycles. The molecule has 1 aliphatic rings. The van der Waals surface area contributed by atoms with E-state index in [4.69, 9.17) is 10.5 Å². The first-order chi connectivity index (χ1) is 8.42. The Morgan fingerprint density at radius 1 is 1.50 bits per heavy atom. The van der Waals surface area contributed by atoms with E-state index in [0.29, 0.717) is 24.9 Å². The topological polar surface area (TPSA) is 64.3 Å². The van der Waals surface area contributed by atoms with Gasteiger partial charge in [0.15, 0.2) is 0 Å². The quantitative estimate of drug-likeness (QED) is 0.757. The van der Waals surface area contributed by atoms with Crippen molar-refractivity contribution in [1.29, 1.82) is 0 Å². The lowest BCUT2D eigenvalue weighted by Crippen LogP contribution is -2.39. The Balaban J connectivity index is 2.35. The largest absolute Gasteiger partial charge is 0.444 e. The van der Waals surface area contributed by atoms with E-state index < -0.39 is 5.60 Å². The Bertz CT molecular complexity index is 295. The molecule has 0 bridgehead atoms. The maximum Gasteiger partial charge on any atom is 0.407 e. The summed E-state index contributed by atoms with van der Waals surface area (Å²) in [6.45, 7) is 6.79. The van der Waals surface area contributed by atoms with Crippen LogP contribution < -0.4 is 11.1 Å². The van der Waals surface area contributed by atoms with Crippen LogP contribution in [0.3, 0.4) is 0 Å². The molecule has 0 fully saturated rings. The molecule has 0 aromatic rings. The molecule has 0 aromatic carbocycles. The van der Waals surface area contributed by atoms with Crippen LogP contribution in [0.5, 0.6) is 0 Å². The zero-order valence-corrected chi connectivity index (χ0v) is 11.7. The summed E-state index contributed by atoms with van der Waals surface area (Å²) in [7, 11) is 0. The highest BCUT2D eigenvalue weighted by Crippen LogP contribution is 2.25. The van der Waals surface area contributed by atoms with Gasteiger partial charge >= 0.3 is 6.09 Å². The number of allylic oxidation sites excluding steroid dienone is 2. The van der Waals surface area contributed by atoms with Crippen LogP contribution in [-0.2, 0) is 4.74 Å². The highest BCUT2D eigenvalue weighted by Gasteiger charge is 2.22. The fourth-order valence-corrected chi connectivity index (χ4v) is 2.22. The van der Waals surface area contributed by atoms with E-state index in [0.717, 1.165) is 19.3 Å². The summed E-state index contributed by atoms with van der Waals surface area (Å²) in [4.78, 5) is 11.6. The molecule has 2 unspecified atom stereocenters. The first kappa shape index (κ1) is 15.0. The van der Waals surface area contributed by atoms with Gasteiger partial charge in [0.1, 0.15) is 5.60 Å². The minimum atomic E-state index is -0.449. The maximum absolute atomic E-state index is 11.6. The van der Waals surface area contributed by atoms with Crippen LogP contribution in [-0.4, -0.2) is 24.8 Å². The van der Waals surface area contributed by atoms with Crippen molar-refractivity contribution in [2.24, 2.45) is 17.6 Å². The third-order valence-electron chi connectivity index (χ3n) is 3.19. The Morgan fingerprint density at radius 2 is 2.22 bits per heavy atom. The third kappa shape index (κ3) is 5.54. The molecule has 104 valence electrons. The molecule has 1 rings (SSSR count). The number of amides is 1. The van der Waals surface area contributed by atoms with Gasteiger partial charge in [-0.2, -0.15) is 0 Å². The molecule has 0 saturated heterocycles. The summed E-state index contributed by atoms with van der Waals surface area (Å²) in [5, 5.41) is 2.82. The minimum Gasteiger partial charge on any atom is -0.444 e.